The van der Waals surface area contributed by atoms with Gasteiger partial charge in [0, 0.05) is 18.6 Å². The molecule has 0 amide bonds. The van der Waals surface area contributed by atoms with Crippen molar-refractivity contribution < 1.29 is 47.5 Å². The average Bonchev–Trinajstić information content (AvgIpc) is 3.27. The molecule has 0 unspecified atom stereocenters. The summed E-state index contributed by atoms with van der Waals surface area (Å²) >= 11 is 0. The summed E-state index contributed by atoms with van der Waals surface area (Å²) in [4.78, 5) is 0. The second-order valence-corrected chi connectivity index (χ2v) is 30.2. The van der Waals surface area contributed by atoms with Crippen LogP contribution in [0.1, 0.15) is 96.4 Å². The molecular weight excluding hydrogens is 865 g/mol. The molecule has 0 aliphatic carbocycles. The Morgan fingerprint density at radius 3 is 1.58 bits per heavy atom. The van der Waals surface area contributed by atoms with E-state index >= 15 is 0 Å². The first kappa shape index (κ1) is 54.9. The van der Waals surface area contributed by atoms with Crippen LogP contribution in [0.15, 0.2) is 97.1 Å². The summed E-state index contributed by atoms with van der Waals surface area (Å²) in [5.41, 5.74) is 2.84. The second kappa shape index (κ2) is 24.0. The highest BCUT2D eigenvalue weighted by molar-refractivity contribution is 6.74. The van der Waals surface area contributed by atoms with Crippen LogP contribution in [0.25, 0.3) is 0 Å². The van der Waals surface area contributed by atoms with Crippen LogP contribution >= 0.6 is 0 Å². The standard InChI is InChI=1S/C54H82O10Si2/c1-39(49(64-66(14,15)53(5,6)7)32-33-61-38-40-21-30-50(59-10)51(35-40)60-11)48(56)37-44(55)36-47(63-65(12,13)52(2,3)4)31-34-62-54(41-19-17-16-18-20-41,42-22-26-45(57-8)27-23-42)43-24-28-46(58-9)29-25-43/h16-30,35,39,44,47-49,55-56H,31-34,36-38H2,1-15H3/t39-,44+,47+,48+,49-/m0/s1. The summed E-state index contributed by atoms with van der Waals surface area (Å²) < 4.78 is 49.6. The fourth-order valence-electron chi connectivity index (χ4n) is 7.72. The molecule has 5 atom stereocenters. The molecule has 0 aromatic heterocycles. The molecule has 4 rings (SSSR count). The minimum Gasteiger partial charge on any atom is -0.497 e. The van der Waals surface area contributed by atoms with Crippen molar-refractivity contribution in [2.45, 2.75) is 147 Å². The number of rotatable bonds is 26. The Bertz CT molecular complexity index is 1980. The van der Waals surface area contributed by atoms with Gasteiger partial charge in [-0.25, -0.2) is 0 Å². The molecule has 10 nitrogen and oxygen atoms in total. The zero-order valence-corrected chi connectivity index (χ0v) is 44.7. The quantitative estimate of drug-likeness (QED) is 0.0358. The zero-order valence-electron chi connectivity index (χ0n) is 42.7. The van der Waals surface area contributed by atoms with Gasteiger partial charge in [0.1, 0.15) is 17.1 Å². The van der Waals surface area contributed by atoms with E-state index in [0.29, 0.717) is 50.6 Å². The van der Waals surface area contributed by atoms with E-state index in [4.69, 9.17) is 37.3 Å². The van der Waals surface area contributed by atoms with E-state index in [1.54, 1.807) is 28.4 Å². The van der Waals surface area contributed by atoms with Gasteiger partial charge in [-0.3, -0.25) is 0 Å². The van der Waals surface area contributed by atoms with E-state index in [2.05, 4.69) is 104 Å². The van der Waals surface area contributed by atoms with Crippen molar-refractivity contribution in [3.8, 4) is 23.0 Å². The number of ether oxygens (including phenoxy) is 6. The van der Waals surface area contributed by atoms with Gasteiger partial charge in [0.05, 0.1) is 60.0 Å². The highest BCUT2D eigenvalue weighted by Gasteiger charge is 2.43. The molecule has 0 bridgehead atoms. The summed E-state index contributed by atoms with van der Waals surface area (Å²) in [5, 5.41) is 23.8. The minimum absolute atomic E-state index is 0.0365. The van der Waals surface area contributed by atoms with Gasteiger partial charge < -0.3 is 47.5 Å². The second-order valence-electron chi connectivity index (χ2n) is 20.6. The van der Waals surface area contributed by atoms with Gasteiger partial charge in [-0.15, -0.1) is 0 Å². The van der Waals surface area contributed by atoms with E-state index in [-0.39, 0.29) is 34.6 Å². The number of hydrogen-bond donors (Lipinski definition) is 2. The molecule has 0 saturated heterocycles. The molecule has 12 heteroatoms. The van der Waals surface area contributed by atoms with Crippen molar-refractivity contribution in [2.24, 2.45) is 5.92 Å². The predicted octanol–water partition coefficient (Wildman–Crippen LogP) is 11.9. The number of methoxy groups -OCH3 is 4. The Morgan fingerprint density at radius 1 is 0.561 bits per heavy atom. The lowest BCUT2D eigenvalue weighted by molar-refractivity contribution is -0.0303. The molecule has 0 aliphatic rings. The van der Waals surface area contributed by atoms with Crippen LogP contribution in [0.2, 0.25) is 36.3 Å². The first-order chi connectivity index (χ1) is 31.0. The van der Waals surface area contributed by atoms with Crippen molar-refractivity contribution in [3.63, 3.8) is 0 Å². The van der Waals surface area contributed by atoms with Gasteiger partial charge in [-0.05, 0) is 121 Å². The first-order valence-electron chi connectivity index (χ1n) is 23.5. The SMILES string of the molecule is COc1ccc(C(OCC[C@H](C[C@@H](O)C[C@@H](O)[C@H](C)[C@H](CCOCc2ccc(OC)c(OC)c2)O[Si](C)(C)C(C)(C)C)O[Si](C)(C)C(C)(C)C)(c2ccccc2)c2ccc(OC)cc2)cc1. The van der Waals surface area contributed by atoms with Crippen molar-refractivity contribution in [1.29, 1.82) is 0 Å². The molecule has 66 heavy (non-hydrogen) atoms. The van der Waals surface area contributed by atoms with Crippen molar-refractivity contribution in [2.75, 3.05) is 41.7 Å². The summed E-state index contributed by atoms with van der Waals surface area (Å²) in [6, 6.07) is 32.1. The maximum atomic E-state index is 11.9. The summed E-state index contributed by atoms with van der Waals surface area (Å²) in [7, 11) is 2.00. The van der Waals surface area contributed by atoms with Gasteiger partial charge in [-0.2, -0.15) is 0 Å². The summed E-state index contributed by atoms with van der Waals surface area (Å²) in [5.74, 6) is 2.55. The summed E-state index contributed by atoms with van der Waals surface area (Å²) in [6.45, 7) is 25.5. The highest BCUT2D eigenvalue weighted by Crippen LogP contribution is 2.44. The largest absolute Gasteiger partial charge is 0.497 e. The van der Waals surface area contributed by atoms with Crippen LogP contribution in [0.3, 0.4) is 0 Å². The Balaban J connectivity index is 1.57. The van der Waals surface area contributed by atoms with E-state index in [1.165, 1.54) is 0 Å². The molecular formula is C54H82O10Si2. The van der Waals surface area contributed by atoms with E-state index in [0.717, 1.165) is 33.8 Å². The molecule has 2 N–H and O–H groups in total. The van der Waals surface area contributed by atoms with E-state index in [9.17, 15) is 10.2 Å². The third-order valence-corrected chi connectivity index (χ3v) is 23.0. The van der Waals surface area contributed by atoms with Gasteiger partial charge in [0.15, 0.2) is 28.1 Å². The van der Waals surface area contributed by atoms with E-state index < -0.39 is 34.4 Å². The fourth-order valence-corrected chi connectivity index (χ4v) is 10.6. The van der Waals surface area contributed by atoms with Gasteiger partial charge in [-0.1, -0.05) is 109 Å². The Morgan fingerprint density at radius 2 is 1.08 bits per heavy atom. The molecule has 4 aromatic rings. The number of benzene rings is 4. The molecule has 366 valence electrons. The molecule has 0 spiro atoms. The summed E-state index contributed by atoms with van der Waals surface area (Å²) in [6.07, 6.45) is -0.671. The Hall–Kier alpha value is -3.73. The smallest absolute Gasteiger partial charge is 0.192 e. The molecule has 0 aliphatic heterocycles. The van der Waals surface area contributed by atoms with Crippen LogP contribution in [-0.4, -0.2) is 92.9 Å². The minimum atomic E-state index is -2.32. The molecule has 4 aromatic carbocycles. The lowest BCUT2D eigenvalue weighted by Crippen LogP contribution is -2.48. The lowest BCUT2D eigenvalue weighted by atomic mass is 9.80. The van der Waals surface area contributed by atoms with Crippen LogP contribution < -0.4 is 18.9 Å². The normalized spacial score (nSPS) is 15.1. The maximum Gasteiger partial charge on any atom is 0.192 e. The van der Waals surface area contributed by atoms with Crippen LogP contribution in [-0.2, 0) is 30.5 Å². The fraction of sp³-hybridized carbons (Fsp3) is 0.556. The average molecular weight is 947 g/mol. The lowest BCUT2D eigenvalue weighted by Gasteiger charge is -2.42. The Labute approximate surface area is 399 Å². The monoisotopic (exact) mass is 947 g/mol. The predicted molar refractivity (Wildman–Crippen MR) is 271 cm³/mol. The highest BCUT2D eigenvalue weighted by atomic mass is 28.4. The van der Waals surface area contributed by atoms with Gasteiger partial charge in [0.2, 0.25) is 0 Å². The maximum absolute atomic E-state index is 11.9. The molecule has 0 saturated carbocycles. The van der Waals surface area contributed by atoms with E-state index in [1.807, 2.05) is 67.6 Å². The van der Waals surface area contributed by atoms with Crippen LogP contribution in [0.5, 0.6) is 23.0 Å². The van der Waals surface area contributed by atoms with Crippen LogP contribution in [0, 0.1) is 5.92 Å². The first-order valence-corrected chi connectivity index (χ1v) is 29.3. The van der Waals surface area contributed by atoms with Crippen LogP contribution in [0.4, 0.5) is 0 Å². The zero-order chi connectivity index (χ0) is 48.9. The number of aliphatic hydroxyl groups excluding tert-OH is 2. The van der Waals surface area contributed by atoms with Gasteiger partial charge in [0.25, 0.3) is 0 Å². The number of aliphatic hydroxyl groups is 2. The topological polar surface area (TPSA) is 114 Å². The molecule has 0 fully saturated rings. The van der Waals surface area contributed by atoms with Gasteiger partial charge >= 0.3 is 0 Å². The van der Waals surface area contributed by atoms with Crippen molar-refractivity contribution in [1.82, 2.24) is 0 Å². The Kier molecular flexibility index (Phi) is 20.0. The molecule has 0 radical (unpaired) electrons. The third-order valence-electron chi connectivity index (χ3n) is 14.0. The number of hydrogen-bond acceptors (Lipinski definition) is 10. The van der Waals surface area contributed by atoms with Crippen molar-refractivity contribution in [3.05, 3.63) is 119 Å². The third kappa shape index (κ3) is 14.4. The molecule has 0 heterocycles. The van der Waals surface area contributed by atoms with Crippen molar-refractivity contribution >= 4 is 16.6 Å².